The first-order chi connectivity index (χ1) is 8.08. The number of carbonyl (C=O) groups excluding carboxylic acids is 1. The van der Waals surface area contributed by atoms with Crippen molar-refractivity contribution in [3.8, 4) is 0 Å². The van der Waals surface area contributed by atoms with Gasteiger partial charge in [0.25, 0.3) is 5.91 Å². The van der Waals surface area contributed by atoms with Crippen molar-refractivity contribution in [2.24, 2.45) is 0 Å². The van der Waals surface area contributed by atoms with Gasteiger partial charge in [0.05, 0.1) is 18.1 Å². The van der Waals surface area contributed by atoms with Crippen LogP contribution in [0.1, 0.15) is 10.5 Å². The third-order valence-corrected chi connectivity index (χ3v) is 3.50. The summed E-state index contributed by atoms with van der Waals surface area (Å²) in [6, 6.07) is 0. The summed E-state index contributed by atoms with van der Waals surface area (Å²) in [4.78, 5) is 19.2. The van der Waals surface area contributed by atoms with Crippen LogP contribution in [0.4, 0.5) is 5.69 Å². The third-order valence-electron chi connectivity index (χ3n) is 1.69. The number of anilines is 1. The van der Waals surface area contributed by atoms with Gasteiger partial charge in [-0.05, 0) is 23.1 Å². The van der Waals surface area contributed by atoms with Crippen molar-refractivity contribution in [2.45, 2.75) is 0 Å². The van der Waals surface area contributed by atoms with Crippen molar-refractivity contribution in [1.29, 1.82) is 0 Å². The van der Waals surface area contributed by atoms with Crippen LogP contribution in [0.3, 0.4) is 0 Å². The van der Waals surface area contributed by atoms with Gasteiger partial charge in [0.2, 0.25) is 5.28 Å². The normalized spacial score (nSPS) is 10.3. The van der Waals surface area contributed by atoms with Crippen LogP contribution in [0.5, 0.6) is 0 Å². The maximum absolute atomic E-state index is 11.7. The van der Waals surface area contributed by atoms with Gasteiger partial charge in [0.15, 0.2) is 5.69 Å². The first-order valence-electron chi connectivity index (χ1n) is 4.17. The van der Waals surface area contributed by atoms with E-state index in [1.165, 1.54) is 12.4 Å². The fraction of sp³-hybridized carbons (Fsp3) is 0. The summed E-state index contributed by atoms with van der Waals surface area (Å²) < 4.78 is 4.10. The fourth-order valence-electron chi connectivity index (χ4n) is 0.967. The van der Waals surface area contributed by atoms with E-state index in [4.69, 9.17) is 34.8 Å². The maximum Gasteiger partial charge on any atom is 0.277 e. The molecule has 0 aromatic carbocycles. The van der Waals surface area contributed by atoms with Gasteiger partial charge >= 0.3 is 0 Å². The van der Waals surface area contributed by atoms with E-state index in [2.05, 4.69) is 19.7 Å². The number of amides is 1. The highest BCUT2D eigenvalue weighted by molar-refractivity contribution is 7.11. The second-order valence-electron chi connectivity index (χ2n) is 2.81. The van der Waals surface area contributed by atoms with E-state index in [9.17, 15) is 4.79 Å². The highest BCUT2D eigenvalue weighted by atomic mass is 35.5. The van der Waals surface area contributed by atoms with Crippen molar-refractivity contribution < 1.29 is 4.79 Å². The lowest BCUT2D eigenvalue weighted by Crippen LogP contribution is -2.13. The number of aromatic nitrogens is 3. The fourth-order valence-corrected chi connectivity index (χ4v) is 2.06. The molecule has 9 heteroatoms. The monoisotopic (exact) mass is 308 g/mol. The van der Waals surface area contributed by atoms with E-state index >= 15 is 0 Å². The molecule has 0 unspecified atom stereocenters. The highest BCUT2D eigenvalue weighted by Crippen LogP contribution is 2.29. The quantitative estimate of drug-likeness (QED) is 0.865. The summed E-state index contributed by atoms with van der Waals surface area (Å²) in [7, 11) is 0. The Balaban J connectivity index is 2.17. The van der Waals surface area contributed by atoms with Crippen molar-refractivity contribution in [1.82, 2.24) is 14.3 Å². The van der Waals surface area contributed by atoms with E-state index in [-0.39, 0.29) is 20.3 Å². The first-order valence-corrected chi connectivity index (χ1v) is 6.08. The minimum absolute atomic E-state index is 0.0663. The molecule has 0 aliphatic carbocycles. The van der Waals surface area contributed by atoms with Crippen LogP contribution < -0.4 is 5.32 Å². The molecule has 0 spiro atoms. The standard InChI is InChI=1S/C8H3Cl3N4OS/c9-4-5(15-17-6(4)10)7(16)14-3-1-12-8(11)13-2-3/h1-2H,(H,14,16). The second kappa shape index (κ2) is 5.14. The number of hydrogen-bond acceptors (Lipinski definition) is 5. The molecule has 0 saturated heterocycles. The molecule has 1 amide bonds. The summed E-state index contributed by atoms with van der Waals surface area (Å²) in [5.74, 6) is -0.482. The van der Waals surface area contributed by atoms with Gasteiger partial charge < -0.3 is 5.32 Å². The molecule has 0 saturated carbocycles. The molecule has 2 aromatic rings. The smallest absolute Gasteiger partial charge is 0.277 e. The number of carbonyl (C=O) groups is 1. The topological polar surface area (TPSA) is 67.8 Å². The molecule has 5 nitrogen and oxygen atoms in total. The molecule has 0 atom stereocenters. The Morgan fingerprint density at radius 1 is 1.24 bits per heavy atom. The van der Waals surface area contributed by atoms with Crippen molar-refractivity contribution in [3.05, 3.63) is 32.7 Å². The minimum atomic E-state index is -0.482. The Kier molecular flexibility index (Phi) is 3.78. The largest absolute Gasteiger partial charge is 0.318 e. The van der Waals surface area contributed by atoms with Crippen molar-refractivity contribution >= 4 is 57.9 Å². The molecular weight excluding hydrogens is 307 g/mol. The van der Waals surface area contributed by atoms with E-state index < -0.39 is 5.91 Å². The van der Waals surface area contributed by atoms with Gasteiger partial charge in [-0.25, -0.2) is 9.97 Å². The van der Waals surface area contributed by atoms with Crippen molar-refractivity contribution in [2.75, 3.05) is 5.32 Å². The molecule has 1 N–H and O–H groups in total. The van der Waals surface area contributed by atoms with Crippen LogP contribution in [0, 0.1) is 0 Å². The van der Waals surface area contributed by atoms with E-state index in [1.54, 1.807) is 0 Å². The molecule has 2 heterocycles. The number of nitrogens with zero attached hydrogens (tertiary/aromatic N) is 3. The van der Waals surface area contributed by atoms with Crippen LogP contribution >= 0.6 is 46.3 Å². The zero-order valence-corrected chi connectivity index (χ0v) is 11.0. The summed E-state index contributed by atoms with van der Waals surface area (Å²) in [6.45, 7) is 0. The van der Waals surface area contributed by atoms with Crippen LogP contribution in [-0.4, -0.2) is 20.2 Å². The van der Waals surface area contributed by atoms with E-state index in [1.807, 2.05) is 0 Å². The van der Waals surface area contributed by atoms with E-state index in [0.717, 1.165) is 11.5 Å². The Hall–Kier alpha value is -0.950. The Morgan fingerprint density at radius 2 is 1.88 bits per heavy atom. The number of halogens is 3. The predicted octanol–water partition coefficient (Wildman–Crippen LogP) is 3.15. The molecule has 17 heavy (non-hydrogen) atoms. The minimum Gasteiger partial charge on any atom is -0.318 e. The summed E-state index contributed by atoms with van der Waals surface area (Å²) in [5, 5.41) is 2.74. The lowest BCUT2D eigenvalue weighted by atomic mass is 10.4. The van der Waals surface area contributed by atoms with Crippen LogP contribution in [0.15, 0.2) is 12.4 Å². The Labute approximate surface area is 115 Å². The number of rotatable bonds is 2. The Morgan fingerprint density at radius 3 is 2.41 bits per heavy atom. The van der Waals surface area contributed by atoms with Crippen LogP contribution in [-0.2, 0) is 0 Å². The zero-order valence-electron chi connectivity index (χ0n) is 7.95. The molecule has 2 aromatic heterocycles. The van der Waals surface area contributed by atoms with Gasteiger partial charge in [-0.3, -0.25) is 4.79 Å². The molecular formula is C8H3Cl3N4OS. The SMILES string of the molecule is O=C(Nc1cnc(Cl)nc1)c1nsc(Cl)c1Cl. The van der Waals surface area contributed by atoms with Gasteiger partial charge in [0.1, 0.15) is 9.36 Å². The zero-order chi connectivity index (χ0) is 12.4. The average Bonchev–Trinajstić information content (AvgIpc) is 2.63. The summed E-state index contributed by atoms with van der Waals surface area (Å²) >= 11 is 17.9. The molecule has 0 aliphatic heterocycles. The predicted molar refractivity (Wildman–Crippen MR) is 67.1 cm³/mol. The Bertz CT molecular complexity index is 556. The number of nitrogens with one attached hydrogen (secondary N) is 1. The van der Waals surface area contributed by atoms with Gasteiger partial charge in [-0.1, -0.05) is 23.2 Å². The summed E-state index contributed by atoms with van der Waals surface area (Å²) in [6.07, 6.45) is 2.74. The molecule has 2 rings (SSSR count). The first kappa shape index (κ1) is 12.5. The lowest BCUT2D eigenvalue weighted by Gasteiger charge is -2.01. The third kappa shape index (κ3) is 2.84. The van der Waals surface area contributed by atoms with Crippen molar-refractivity contribution in [3.63, 3.8) is 0 Å². The molecule has 88 valence electrons. The van der Waals surface area contributed by atoms with Crippen LogP contribution in [0.2, 0.25) is 14.6 Å². The molecule has 0 aliphatic rings. The van der Waals surface area contributed by atoms with Gasteiger partial charge in [-0.15, -0.1) is 0 Å². The van der Waals surface area contributed by atoms with E-state index in [0.29, 0.717) is 5.69 Å². The molecule has 0 radical (unpaired) electrons. The highest BCUT2D eigenvalue weighted by Gasteiger charge is 2.17. The maximum atomic E-state index is 11.7. The summed E-state index contributed by atoms with van der Waals surface area (Å²) in [5.41, 5.74) is 0.455. The van der Waals surface area contributed by atoms with Crippen LogP contribution in [0.25, 0.3) is 0 Å². The van der Waals surface area contributed by atoms with Gasteiger partial charge in [0, 0.05) is 0 Å². The second-order valence-corrected chi connectivity index (χ2v) is 4.91. The molecule has 0 bridgehead atoms. The lowest BCUT2D eigenvalue weighted by molar-refractivity contribution is 0.102. The number of hydrogen-bond donors (Lipinski definition) is 1. The van der Waals surface area contributed by atoms with Gasteiger partial charge in [-0.2, -0.15) is 4.37 Å². The average molecular weight is 310 g/mol. The molecule has 0 fully saturated rings.